The van der Waals surface area contributed by atoms with Gasteiger partial charge in [0.1, 0.15) is 22.3 Å². The Labute approximate surface area is 249 Å². The summed E-state index contributed by atoms with van der Waals surface area (Å²) in [6.45, 7) is -0.170. The Morgan fingerprint density at radius 3 is 2.16 bits per heavy atom. The summed E-state index contributed by atoms with van der Waals surface area (Å²) in [5, 5.41) is 0.208. The first-order valence-electron chi connectivity index (χ1n) is 12.9. The molecule has 14 heteroatoms. The van der Waals surface area contributed by atoms with E-state index in [4.69, 9.17) is 5.73 Å². The summed E-state index contributed by atoms with van der Waals surface area (Å²) in [6.07, 6.45) is 2.22. The molecule has 3 aromatic heterocycles. The van der Waals surface area contributed by atoms with Gasteiger partial charge in [-0.1, -0.05) is 18.2 Å². The molecule has 2 aromatic carbocycles. The van der Waals surface area contributed by atoms with E-state index in [1.54, 1.807) is 24.3 Å². The molecule has 5 rings (SSSR count). The standard InChI is InChI=1S/C29H28F2N6O4S2/c1-34(2)15-21-25-27(38)37(19-12-13-24(33-14-19)35(3)43(4,40)41)29(39)36(16-20-22(30)6-5-7-23(20)31)28(25)42-26(21)17-8-10-18(32)11-9-17/h5-14H,15-16,32H2,1-4H3. The van der Waals surface area contributed by atoms with Crippen LogP contribution in [0, 0.1) is 11.6 Å². The molecule has 0 radical (unpaired) electrons. The first kappa shape index (κ1) is 30.1. The summed E-state index contributed by atoms with van der Waals surface area (Å²) in [4.78, 5) is 35.2. The number of hydrogen-bond acceptors (Lipinski definition) is 8. The van der Waals surface area contributed by atoms with Crippen LogP contribution in [-0.2, 0) is 23.1 Å². The lowest BCUT2D eigenvalue weighted by molar-refractivity contribution is 0.405. The molecule has 0 saturated heterocycles. The predicted molar refractivity (Wildman–Crippen MR) is 165 cm³/mol. The lowest BCUT2D eigenvalue weighted by Crippen LogP contribution is -2.39. The molecule has 43 heavy (non-hydrogen) atoms. The Morgan fingerprint density at radius 2 is 1.60 bits per heavy atom. The number of halogens is 2. The number of thiophene rings is 1. The van der Waals surface area contributed by atoms with Crippen molar-refractivity contribution in [3.05, 3.63) is 104 Å². The van der Waals surface area contributed by atoms with Gasteiger partial charge in [-0.3, -0.25) is 13.7 Å². The molecule has 0 aliphatic carbocycles. The highest BCUT2D eigenvalue weighted by molar-refractivity contribution is 7.92. The van der Waals surface area contributed by atoms with Crippen LogP contribution in [0.1, 0.15) is 11.1 Å². The summed E-state index contributed by atoms with van der Waals surface area (Å²) >= 11 is 1.17. The number of fused-ring (bicyclic) bond motifs is 1. The number of rotatable bonds is 8. The Bertz CT molecular complexity index is 2050. The van der Waals surface area contributed by atoms with Crippen molar-refractivity contribution < 1.29 is 17.2 Å². The minimum absolute atomic E-state index is 0.0568. The zero-order valence-corrected chi connectivity index (χ0v) is 25.3. The lowest BCUT2D eigenvalue weighted by atomic mass is 10.1. The zero-order valence-electron chi connectivity index (χ0n) is 23.7. The van der Waals surface area contributed by atoms with Crippen molar-refractivity contribution in [3.63, 3.8) is 0 Å². The molecule has 5 aromatic rings. The smallest absolute Gasteiger partial charge is 0.337 e. The highest BCUT2D eigenvalue weighted by atomic mass is 32.2. The van der Waals surface area contributed by atoms with Gasteiger partial charge in [-0.25, -0.2) is 31.5 Å². The second-order valence-corrected chi connectivity index (χ2v) is 13.3. The van der Waals surface area contributed by atoms with Crippen LogP contribution in [0.15, 0.2) is 70.4 Å². The normalized spacial score (nSPS) is 11.9. The van der Waals surface area contributed by atoms with Crippen LogP contribution >= 0.6 is 11.3 Å². The molecule has 0 amide bonds. The van der Waals surface area contributed by atoms with Crippen LogP contribution in [0.2, 0.25) is 0 Å². The van der Waals surface area contributed by atoms with E-state index >= 15 is 0 Å². The summed E-state index contributed by atoms with van der Waals surface area (Å²) in [6, 6.07) is 13.2. The number of aromatic nitrogens is 3. The average molecular weight is 627 g/mol. The SMILES string of the molecule is CN(C)Cc1c(-c2ccc(N)cc2)sc2c1c(=O)n(-c1ccc(N(C)S(C)(=O)=O)nc1)c(=O)n2Cc1c(F)cccc1F. The third-order valence-corrected chi connectivity index (χ3v) is 9.39. The van der Waals surface area contributed by atoms with Crippen molar-refractivity contribution in [2.45, 2.75) is 13.1 Å². The van der Waals surface area contributed by atoms with E-state index in [-0.39, 0.29) is 27.3 Å². The number of hydrogen-bond donors (Lipinski definition) is 1. The second-order valence-electron chi connectivity index (χ2n) is 10.3. The first-order valence-corrected chi connectivity index (χ1v) is 15.6. The molecule has 0 bridgehead atoms. The summed E-state index contributed by atoms with van der Waals surface area (Å²) in [7, 11) is 1.37. The highest BCUT2D eigenvalue weighted by Gasteiger charge is 2.25. The number of sulfonamides is 1. The maximum Gasteiger partial charge on any atom is 0.337 e. The topological polar surface area (TPSA) is 124 Å². The molecular formula is C29H28F2N6O4S2. The van der Waals surface area contributed by atoms with Gasteiger partial charge in [0.2, 0.25) is 10.0 Å². The Balaban J connectivity index is 1.85. The van der Waals surface area contributed by atoms with E-state index in [0.29, 0.717) is 22.7 Å². The van der Waals surface area contributed by atoms with Gasteiger partial charge in [-0.15, -0.1) is 11.3 Å². The fourth-order valence-electron chi connectivity index (χ4n) is 4.68. The molecule has 0 fully saturated rings. The Morgan fingerprint density at radius 1 is 0.953 bits per heavy atom. The van der Waals surface area contributed by atoms with Crippen LogP contribution < -0.4 is 21.3 Å². The first-order chi connectivity index (χ1) is 20.3. The zero-order chi connectivity index (χ0) is 31.2. The average Bonchev–Trinajstić information content (AvgIpc) is 3.31. The molecule has 0 spiro atoms. The van der Waals surface area contributed by atoms with Crippen LogP contribution in [-0.4, -0.2) is 54.8 Å². The number of nitrogens with zero attached hydrogens (tertiary/aromatic N) is 5. The molecule has 2 N–H and O–H groups in total. The van der Waals surface area contributed by atoms with E-state index in [1.807, 2.05) is 19.0 Å². The second kappa shape index (κ2) is 11.4. The number of nitrogen functional groups attached to an aromatic ring is 1. The Hall–Kier alpha value is -4.40. The minimum atomic E-state index is -3.62. The van der Waals surface area contributed by atoms with Crippen molar-refractivity contribution in [2.75, 3.05) is 37.4 Å². The summed E-state index contributed by atoms with van der Waals surface area (Å²) < 4.78 is 56.7. The van der Waals surface area contributed by atoms with Gasteiger partial charge in [0, 0.05) is 29.7 Å². The van der Waals surface area contributed by atoms with Crippen LogP contribution in [0.4, 0.5) is 20.3 Å². The van der Waals surface area contributed by atoms with E-state index in [2.05, 4.69) is 4.98 Å². The van der Waals surface area contributed by atoms with Gasteiger partial charge in [0.05, 0.1) is 30.1 Å². The lowest BCUT2D eigenvalue weighted by Gasteiger charge is -2.17. The highest BCUT2D eigenvalue weighted by Crippen LogP contribution is 2.38. The van der Waals surface area contributed by atoms with Crippen LogP contribution in [0.3, 0.4) is 0 Å². The van der Waals surface area contributed by atoms with Crippen LogP contribution in [0.25, 0.3) is 26.3 Å². The van der Waals surface area contributed by atoms with Gasteiger partial charge >= 0.3 is 5.69 Å². The minimum Gasteiger partial charge on any atom is -0.399 e. The van der Waals surface area contributed by atoms with Crippen molar-refractivity contribution in [3.8, 4) is 16.1 Å². The molecule has 3 heterocycles. The molecule has 224 valence electrons. The third kappa shape index (κ3) is 5.68. The summed E-state index contributed by atoms with van der Waals surface area (Å²) in [5.41, 5.74) is 6.06. The predicted octanol–water partition coefficient (Wildman–Crippen LogP) is 3.64. The van der Waals surface area contributed by atoms with Gasteiger partial charge in [0.25, 0.3) is 5.56 Å². The van der Waals surface area contributed by atoms with Gasteiger partial charge in [0.15, 0.2) is 0 Å². The molecule has 0 saturated carbocycles. The van der Waals surface area contributed by atoms with Crippen LogP contribution in [0.5, 0.6) is 0 Å². The van der Waals surface area contributed by atoms with Gasteiger partial charge in [-0.2, -0.15) is 0 Å². The fraction of sp³-hybridized carbons (Fsp3) is 0.207. The molecule has 0 unspecified atom stereocenters. The van der Waals surface area contributed by atoms with E-state index in [0.717, 1.165) is 32.8 Å². The van der Waals surface area contributed by atoms with Crippen molar-refractivity contribution in [1.29, 1.82) is 0 Å². The van der Waals surface area contributed by atoms with Gasteiger partial charge < -0.3 is 10.6 Å². The monoisotopic (exact) mass is 626 g/mol. The molecular weight excluding hydrogens is 598 g/mol. The Kier molecular flexibility index (Phi) is 7.94. The molecule has 10 nitrogen and oxygen atoms in total. The number of nitrogens with two attached hydrogens (primary N) is 1. The van der Waals surface area contributed by atoms with E-state index in [1.165, 1.54) is 47.3 Å². The van der Waals surface area contributed by atoms with Crippen molar-refractivity contribution in [2.24, 2.45) is 0 Å². The fourth-order valence-corrected chi connectivity index (χ4v) is 6.43. The van der Waals surface area contributed by atoms with E-state index < -0.39 is 39.5 Å². The third-order valence-electron chi connectivity index (χ3n) is 6.91. The number of benzene rings is 2. The molecule has 0 aliphatic heterocycles. The largest absolute Gasteiger partial charge is 0.399 e. The van der Waals surface area contributed by atoms with Gasteiger partial charge in [-0.05, 0) is 61.6 Å². The maximum atomic E-state index is 14.8. The van der Waals surface area contributed by atoms with Crippen molar-refractivity contribution >= 4 is 43.1 Å². The van der Waals surface area contributed by atoms with E-state index in [9.17, 15) is 26.8 Å². The molecule has 0 atom stereocenters. The molecule has 0 aliphatic rings. The quantitative estimate of drug-likeness (QED) is 0.261. The number of anilines is 2. The van der Waals surface area contributed by atoms with Crippen molar-refractivity contribution in [1.82, 2.24) is 19.0 Å². The summed E-state index contributed by atoms with van der Waals surface area (Å²) in [5.74, 6) is -1.60. The maximum absolute atomic E-state index is 14.8. The number of pyridine rings is 1.